The molecule has 3 unspecified atom stereocenters. The number of hydrogen-bond donors (Lipinski definition) is 1. The normalized spacial score (nSPS) is 22.8. The Labute approximate surface area is 192 Å². The van der Waals surface area contributed by atoms with Gasteiger partial charge in [0.25, 0.3) is 0 Å². The van der Waals surface area contributed by atoms with E-state index in [1.807, 2.05) is 42.2 Å². The number of ether oxygens (including phenoxy) is 1. The number of hydrogen-bond acceptors (Lipinski definition) is 2. The van der Waals surface area contributed by atoms with Gasteiger partial charge in [0.2, 0.25) is 0 Å². The molecule has 2 aliphatic rings. The number of nitrogens with one attached hydrogen (secondary N) is 1. The summed E-state index contributed by atoms with van der Waals surface area (Å²) in [5, 5.41) is 3.04. The summed E-state index contributed by atoms with van der Waals surface area (Å²) in [6.07, 6.45) is 9.47. The number of nitrogens with zero attached hydrogens (tertiary/aromatic N) is 1. The second kappa shape index (κ2) is 10.2. The highest BCUT2D eigenvalue weighted by Gasteiger charge is 2.37. The summed E-state index contributed by atoms with van der Waals surface area (Å²) < 4.78 is 6.31. The lowest BCUT2D eigenvalue weighted by atomic mass is 9.92. The van der Waals surface area contributed by atoms with E-state index in [0.29, 0.717) is 12.5 Å². The number of urea groups is 1. The summed E-state index contributed by atoms with van der Waals surface area (Å²) in [7, 11) is 0. The van der Waals surface area contributed by atoms with Gasteiger partial charge in [0, 0.05) is 12.2 Å². The van der Waals surface area contributed by atoms with Crippen molar-refractivity contribution in [2.45, 2.75) is 64.2 Å². The largest absolute Gasteiger partial charge is 0.367 e. The fourth-order valence-corrected chi connectivity index (χ4v) is 4.82. The fourth-order valence-electron chi connectivity index (χ4n) is 4.82. The highest BCUT2D eigenvalue weighted by Crippen LogP contribution is 2.31. The molecule has 0 bridgehead atoms. The Morgan fingerprint density at radius 3 is 2.50 bits per heavy atom. The minimum Gasteiger partial charge on any atom is -0.367 e. The van der Waals surface area contributed by atoms with Gasteiger partial charge >= 0.3 is 6.03 Å². The molecule has 0 radical (unpaired) electrons. The molecular formula is C28H34N2O2. The third-order valence-electron chi connectivity index (χ3n) is 6.63. The highest BCUT2D eigenvalue weighted by atomic mass is 16.5. The van der Waals surface area contributed by atoms with E-state index in [2.05, 4.69) is 61.7 Å². The maximum Gasteiger partial charge on any atom is 0.322 e. The lowest BCUT2D eigenvalue weighted by Gasteiger charge is -2.42. The minimum atomic E-state index is -0.135. The Morgan fingerprint density at radius 1 is 1.09 bits per heavy atom. The van der Waals surface area contributed by atoms with Crippen molar-refractivity contribution in [2.24, 2.45) is 0 Å². The number of anilines is 1. The number of fused-ring (bicyclic) bond motifs is 1. The van der Waals surface area contributed by atoms with Crippen LogP contribution in [0.3, 0.4) is 0 Å². The van der Waals surface area contributed by atoms with Gasteiger partial charge in [0.05, 0.1) is 18.2 Å². The molecule has 168 valence electrons. The molecular weight excluding hydrogens is 396 g/mol. The molecule has 2 aromatic rings. The first-order valence-electron chi connectivity index (χ1n) is 11.9. The van der Waals surface area contributed by atoms with Crippen molar-refractivity contribution in [3.63, 3.8) is 0 Å². The first kappa shape index (κ1) is 22.3. The standard InChI is InChI=1S/C28H34N2O2/c1-4-21(5-2)22-14-16-23(17-15-22)24-10-9-13-26-27(18-24)32-20(3)19-30(26)28(31)29-25-11-7-6-8-12-25/h6-12,14-18,20-21,26-27H,4-5,13,19H2,1-3H3,(H,29,31). The fraction of sp³-hybridized carbons (Fsp3) is 0.393. The van der Waals surface area contributed by atoms with Crippen LogP contribution in [0.25, 0.3) is 5.57 Å². The van der Waals surface area contributed by atoms with Crippen molar-refractivity contribution < 1.29 is 9.53 Å². The average Bonchev–Trinajstić information content (AvgIpc) is 3.03. The van der Waals surface area contributed by atoms with E-state index in [1.165, 1.54) is 11.1 Å². The molecule has 4 heteroatoms. The molecule has 3 atom stereocenters. The number of amides is 2. The Hall–Kier alpha value is -2.85. The van der Waals surface area contributed by atoms with Gasteiger partial charge in [0.1, 0.15) is 0 Å². The number of carbonyl (C=O) groups excluding carboxylic acids is 1. The molecule has 4 nitrogen and oxygen atoms in total. The molecule has 1 fully saturated rings. The van der Waals surface area contributed by atoms with Crippen LogP contribution in [-0.4, -0.2) is 35.7 Å². The van der Waals surface area contributed by atoms with Crippen LogP contribution in [0.2, 0.25) is 0 Å². The van der Waals surface area contributed by atoms with Gasteiger partial charge in [-0.2, -0.15) is 0 Å². The molecule has 1 aliphatic carbocycles. The SMILES string of the molecule is CCC(CC)c1ccc(C2=CC3OC(C)CN(C(=O)Nc4ccccc4)C3CC=C2)cc1. The molecule has 1 N–H and O–H groups in total. The predicted octanol–water partition coefficient (Wildman–Crippen LogP) is 6.62. The second-order valence-corrected chi connectivity index (χ2v) is 8.82. The van der Waals surface area contributed by atoms with Crippen LogP contribution in [0.1, 0.15) is 57.1 Å². The van der Waals surface area contributed by atoms with Crippen molar-refractivity contribution >= 4 is 17.3 Å². The topological polar surface area (TPSA) is 41.6 Å². The Kier molecular flexibility index (Phi) is 7.11. The van der Waals surface area contributed by atoms with Crippen LogP contribution in [0, 0.1) is 0 Å². The van der Waals surface area contributed by atoms with Crippen LogP contribution in [0.4, 0.5) is 10.5 Å². The molecule has 32 heavy (non-hydrogen) atoms. The molecule has 1 saturated heterocycles. The van der Waals surface area contributed by atoms with Crippen molar-refractivity contribution in [2.75, 3.05) is 11.9 Å². The zero-order chi connectivity index (χ0) is 22.5. The van der Waals surface area contributed by atoms with Gasteiger partial charge in [-0.05, 0) is 67.0 Å². The number of carbonyl (C=O) groups is 1. The number of rotatable bonds is 5. The summed E-state index contributed by atoms with van der Waals surface area (Å²) in [6, 6.07) is 18.5. The minimum absolute atomic E-state index is 0.0208. The lowest BCUT2D eigenvalue weighted by molar-refractivity contribution is -0.0718. The zero-order valence-electron chi connectivity index (χ0n) is 19.3. The molecule has 4 rings (SSSR count). The molecule has 2 aromatic carbocycles. The Morgan fingerprint density at radius 2 is 1.81 bits per heavy atom. The number of allylic oxidation sites excluding steroid dienone is 2. The van der Waals surface area contributed by atoms with Crippen molar-refractivity contribution in [3.05, 3.63) is 84.0 Å². The summed E-state index contributed by atoms with van der Waals surface area (Å²) in [5.74, 6) is 0.617. The third-order valence-corrected chi connectivity index (χ3v) is 6.63. The van der Waals surface area contributed by atoms with Crippen LogP contribution in [0.15, 0.2) is 72.8 Å². The van der Waals surface area contributed by atoms with Crippen molar-refractivity contribution in [3.8, 4) is 0 Å². The van der Waals surface area contributed by atoms with Crippen molar-refractivity contribution in [1.82, 2.24) is 4.90 Å². The van der Waals surface area contributed by atoms with E-state index in [-0.39, 0.29) is 24.3 Å². The smallest absolute Gasteiger partial charge is 0.322 e. The Bertz CT molecular complexity index is 961. The van der Waals surface area contributed by atoms with Crippen LogP contribution >= 0.6 is 0 Å². The number of morpholine rings is 1. The quantitative estimate of drug-likeness (QED) is 0.579. The molecule has 1 aliphatic heterocycles. The average molecular weight is 431 g/mol. The lowest BCUT2D eigenvalue weighted by Crippen LogP contribution is -2.56. The van der Waals surface area contributed by atoms with Gasteiger partial charge < -0.3 is 15.0 Å². The molecule has 2 amide bonds. The second-order valence-electron chi connectivity index (χ2n) is 8.82. The molecule has 0 spiro atoms. The van der Waals surface area contributed by atoms with E-state index in [9.17, 15) is 4.79 Å². The summed E-state index contributed by atoms with van der Waals surface area (Å²) >= 11 is 0. The van der Waals surface area contributed by atoms with Crippen LogP contribution in [0.5, 0.6) is 0 Å². The van der Waals surface area contributed by atoms with E-state index in [1.54, 1.807) is 0 Å². The maximum atomic E-state index is 13.1. The van der Waals surface area contributed by atoms with E-state index < -0.39 is 0 Å². The maximum absolute atomic E-state index is 13.1. The summed E-state index contributed by atoms with van der Waals surface area (Å²) in [5.41, 5.74) is 4.57. The third kappa shape index (κ3) is 4.97. The summed E-state index contributed by atoms with van der Waals surface area (Å²) in [4.78, 5) is 15.0. The van der Waals surface area contributed by atoms with Crippen molar-refractivity contribution in [1.29, 1.82) is 0 Å². The molecule has 0 saturated carbocycles. The molecule has 1 heterocycles. The van der Waals surface area contributed by atoms with E-state index in [0.717, 1.165) is 30.5 Å². The van der Waals surface area contributed by atoms with E-state index in [4.69, 9.17) is 4.74 Å². The number of para-hydroxylation sites is 1. The first-order valence-corrected chi connectivity index (χ1v) is 11.9. The van der Waals surface area contributed by atoms with Gasteiger partial charge in [-0.1, -0.05) is 68.5 Å². The van der Waals surface area contributed by atoms with Crippen LogP contribution < -0.4 is 5.32 Å². The zero-order valence-corrected chi connectivity index (χ0v) is 19.3. The van der Waals surface area contributed by atoms with Gasteiger partial charge in [0.15, 0.2) is 0 Å². The highest BCUT2D eigenvalue weighted by molar-refractivity contribution is 5.89. The predicted molar refractivity (Wildman–Crippen MR) is 132 cm³/mol. The Balaban J connectivity index is 1.54. The first-order chi connectivity index (χ1) is 15.6. The number of benzene rings is 2. The van der Waals surface area contributed by atoms with Gasteiger partial charge in [-0.25, -0.2) is 4.79 Å². The van der Waals surface area contributed by atoms with Gasteiger partial charge in [-0.3, -0.25) is 0 Å². The van der Waals surface area contributed by atoms with E-state index >= 15 is 0 Å². The molecule has 0 aromatic heterocycles. The van der Waals surface area contributed by atoms with Crippen LogP contribution in [-0.2, 0) is 4.74 Å². The monoisotopic (exact) mass is 430 g/mol. The van der Waals surface area contributed by atoms with Gasteiger partial charge in [-0.15, -0.1) is 0 Å². The summed E-state index contributed by atoms with van der Waals surface area (Å²) in [6.45, 7) is 7.12.